The van der Waals surface area contributed by atoms with Crippen LogP contribution in [0.25, 0.3) is 11.4 Å². The van der Waals surface area contributed by atoms with Crippen LogP contribution in [0, 0.1) is 17.0 Å². The molecule has 0 spiro atoms. The highest BCUT2D eigenvalue weighted by Gasteiger charge is 2.27. The minimum Gasteiger partial charge on any atom is -0.338 e. The molecular formula is C20H22N4O5S. The highest BCUT2D eigenvalue weighted by molar-refractivity contribution is 7.89. The average molecular weight is 430 g/mol. The Kier molecular flexibility index (Phi) is 5.99. The summed E-state index contributed by atoms with van der Waals surface area (Å²) in [5.74, 6) is 0.876. The number of benzene rings is 2. The van der Waals surface area contributed by atoms with Crippen LogP contribution in [0.4, 0.5) is 5.69 Å². The van der Waals surface area contributed by atoms with Gasteiger partial charge < -0.3 is 4.52 Å². The summed E-state index contributed by atoms with van der Waals surface area (Å²) in [6, 6.07) is 11.5. The number of non-ortho nitro benzene ring substituents is 1. The number of nitrogens with zero attached hydrogens (tertiary/aromatic N) is 4. The van der Waals surface area contributed by atoms with Crippen LogP contribution >= 0.6 is 0 Å². The molecule has 0 bridgehead atoms. The molecule has 0 amide bonds. The summed E-state index contributed by atoms with van der Waals surface area (Å²) < 4.78 is 32.1. The number of rotatable bonds is 7. The first-order valence-corrected chi connectivity index (χ1v) is 10.7. The summed E-state index contributed by atoms with van der Waals surface area (Å²) in [4.78, 5) is 14.5. The van der Waals surface area contributed by atoms with Crippen LogP contribution in [0.5, 0.6) is 0 Å². The summed E-state index contributed by atoms with van der Waals surface area (Å²) >= 11 is 0. The Balaban J connectivity index is 1.82. The van der Waals surface area contributed by atoms with Crippen molar-refractivity contribution in [1.82, 2.24) is 14.4 Å². The lowest BCUT2D eigenvalue weighted by atomic mass is 10.0. The van der Waals surface area contributed by atoms with E-state index in [9.17, 15) is 18.5 Å². The van der Waals surface area contributed by atoms with Crippen LogP contribution in [0.3, 0.4) is 0 Å². The molecule has 2 aromatic carbocycles. The first-order valence-electron chi connectivity index (χ1n) is 9.24. The van der Waals surface area contributed by atoms with Crippen molar-refractivity contribution in [2.75, 3.05) is 7.05 Å². The minimum atomic E-state index is -3.99. The minimum absolute atomic E-state index is 0.118. The second-order valence-electron chi connectivity index (χ2n) is 7.26. The molecule has 0 fully saturated rings. The molecular weight excluding hydrogens is 408 g/mol. The maximum Gasteiger partial charge on any atom is 0.270 e. The molecule has 1 heterocycles. The van der Waals surface area contributed by atoms with Gasteiger partial charge in [0, 0.05) is 24.7 Å². The summed E-state index contributed by atoms with van der Waals surface area (Å²) in [5, 5.41) is 14.9. The van der Waals surface area contributed by atoms with Gasteiger partial charge in [-0.2, -0.15) is 9.29 Å². The predicted molar refractivity (Wildman–Crippen MR) is 110 cm³/mol. The smallest absolute Gasteiger partial charge is 0.270 e. The van der Waals surface area contributed by atoms with Gasteiger partial charge in [0.15, 0.2) is 0 Å². The number of aryl methyl sites for hydroxylation is 1. The zero-order chi connectivity index (χ0) is 22.1. The van der Waals surface area contributed by atoms with Crippen LogP contribution in [0.1, 0.15) is 36.8 Å². The third-order valence-corrected chi connectivity index (χ3v) is 6.68. The number of hydrogen-bond acceptors (Lipinski definition) is 7. The number of nitro groups is 1. The molecule has 0 radical (unpaired) electrons. The van der Waals surface area contributed by atoms with E-state index in [4.69, 9.17) is 4.52 Å². The second-order valence-corrected chi connectivity index (χ2v) is 9.27. The van der Waals surface area contributed by atoms with Gasteiger partial charge in [-0.3, -0.25) is 10.1 Å². The summed E-state index contributed by atoms with van der Waals surface area (Å²) in [7, 11) is -2.64. The van der Waals surface area contributed by atoms with Crippen LogP contribution in [0.15, 0.2) is 51.9 Å². The zero-order valence-corrected chi connectivity index (χ0v) is 17.9. The molecule has 158 valence electrons. The van der Waals surface area contributed by atoms with Gasteiger partial charge in [-0.25, -0.2) is 8.42 Å². The molecule has 0 saturated carbocycles. The second kappa shape index (κ2) is 8.33. The summed E-state index contributed by atoms with van der Waals surface area (Å²) in [6.07, 6.45) is 0. The fourth-order valence-corrected chi connectivity index (χ4v) is 4.24. The Morgan fingerprint density at radius 2 is 1.83 bits per heavy atom. The van der Waals surface area contributed by atoms with E-state index in [1.807, 2.05) is 24.3 Å². The number of nitro benzene ring substituents is 1. The lowest BCUT2D eigenvalue weighted by Gasteiger charge is -2.16. The lowest BCUT2D eigenvalue weighted by molar-refractivity contribution is -0.385. The molecule has 0 aliphatic heterocycles. The highest BCUT2D eigenvalue weighted by atomic mass is 32.2. The van der Waals surface area contributed by atoms with Gasteiger partial charge in [-0.15, -0.1) is 0 Å². The maximum atomic E-state index is 12.9. The van der Waals surface area contributed by atoms with Gasteiger partial charge in [-0.05, 0) is 24.0 Å². The van der Waals surface area contributed by atoms with Gasteiger partial charge in [-0.1, -0.05) is 49.3 Å². The first-order chi connectivity index (χ1) is 14.1. The molecule has 0 saturated heterocycles. The molecule has 1 aromatic heterocycles. The van der Waals surface area contributed by atoms with Crippen molar-refractivity contribution >= 4 is 15.7 Å². The lowest BCUT2D eigenvalue weighted by Crippen LogP contribution is -2.27. The zero-order valence-electron chi connectivity index (χ0n) is 17.1. The Hall–Kier alpha value is -3.11. The predicted octanol–water partition coefficient (Wildman–Crippen LogP) is 3.90. The Labute approximate surface area is 174 Å². The van der Waals surface area contributed by atoms with Gasteiger partial charge >= 0.3 is 0 Å². The Morgan fingerprint density at radius 3 is 2.43 bits per heavy atom. The number of sulfonamides is 1. The van der Waals surface area contributed by atoms with Gasteiger partial charge in [0.05, 0.1) is 16.4 Å². The fraction of sp³-hybridized carbons (Fsp3) is 0.300. The molecule has 10 heteroatoms. The van der Waals surface area contributed by atoms with E-state index in [2.05, 4.69) is 24.0 Å². The van der Waals surface area contributed by atoms with Crippen molar-refractivity contribution in [3.05, 3.63) is 69.6 Å². The first kappa shape index (κ1) is 21.6. The third kappa shape index (κ3) is 4.39. The van der Waals surface area contributed by atoms with Crippen molar-refractivity contribution in [2.24, 2.45) is 0 Å². The standard InChI is InChI=1S/C20H22N4O5S/c1-13(2)15-6-8-16(9-7-15)20-21-19(29-22-20)12-23(4)30(27,28)18-11-17(24(25)26)10-5-14(18)3/h5-11,13H,12H2,1-4H3. The van der Waals surface area contributed by atoms with Crippen LogP contribution < -0.4 is 0 Å². The van der Waals surface area contributed by atoms with Gasteiger partial charge in [0.25, 0.3) is 5.69 Å². The van der Waals surface area contributed by atoms with Gasteiger partial charge in [0.2, 0.25) is 21.7 Å². The molecule has 3 rings (SSSR count). The quantitative estimate of drug-likeness (QED) is 0.412. The molecule has 0 unspecified atom stereocenters. The molecule has 0 aliphatic rings. The number of aromatic nitrogens is 2. The van der Waals surface area contributed by atoms with Crippen LogP contribution in [-0.2, 0) is 16.6 Å². The fourth-order valence-electron chi connectivity index (χ4n) is 2.88. The van der Waals surface area contributed by atoms with Crippen molar-refractivity contribution in [3.8, 4) is 11.4 Å². The van der Waals surface area contributed by atoms with E-state index in [0.717, 1.165) is 15.9 Å². The molecule has 3 aromatic rings. The molecule has 9 nitrogen and oxygen atoms in total. The molecule has 0 aliphatic carbocycles. The largest absolute Gasteiger partial charge is 0.338 e. The van der Waals surface area contributed by atoms with E-state index in [0.29, 0.717) is 17.3 Å². The van der Waals surface area contributed by atoms with Crippen LogP contribution in [-0.4, -0.2) is 34.8 Å². The normalized spacial score (nSPS) is 11.9. The molecule has 0 atom stereocenters. The van der Waals surface area contributed by atoms with Crippen molar-refractivity contribution in [3.63, 3.8) is 0 Å². The van der Waals surface area contributed by atoms with Crippen LogP contribution in [0.2, 0.25) is 0 Å². The SMILES string of the molecule is Cc1ccc([N+](=O)[O-])cc1S(=O)(=O)N(C)Cc1nc(-c2ccc(C(C)C)cc2)no1. The van der Waals surface area contributed by atoms with E-state index in [1.165, 1.54) is 24.7 Å². The topological polar surface area (TPSA) is 119 Å². The monoisotopic (exact) mass is 430 g/mol. The highest BCUT2D eigenvalue weighted by Crippen LogP contribution is 2.26. The maximum absolute atomic E-state index is 12.9. The summed E-state index contributed by atoms with van der Waals surface area (Å²) in [6.45, 7) is 5.61. The molecule has 30 heavy (non-hydrogen) atoms. The van der Waals surface area contributed by atoms with Crippen molar-refractivity contribution in [2.45, 2.75) is 38.1 Å². The van der Waals surface area contributed by atoms with E-state index in [1.54, 1.807) is 6.92 Å². The average Bonchev–Trinajstić information content (AvgIpc) is 3.16. The van der Waals surface area contributed by atoms with Crippen molar-refractivity contribution in [1.29, 1.82) is 0 Å². The number of hydrogen-bond donors (Lipinski definition) is 0. The molecule has 0 N–H and O–H groups in total. The summed E-state index contributed by atoms with van der Waals surface area (Å²) in [5.41, 5.74) is 2.05. The Bertz CT molecular complexity index is 1170. The van der Waals surface area contributed by atoms with Gasteiger partial charge in [0.1, 0.15) is 0 Å². The van der Waals surface area contributed by atoms with E-state index >= 15 is 0 Å². The third-order valence-electron chi connectivity index (χ3n) is 4.73. The van der Waals surface area contributed by atoms with E-state index in [-0.39, 0.29) is 23.0 Å². The van der Waals surface area contributed by atoms with Crippen molar-refractivity contribution < 1.29 is 17.9 Å². The van der Waals surface area contributed by atoms with E-state index < -0.39 is 14.9 Å². The Morgan fingerprint density at radius 1 is 1.17 bits per heavy atom.